The Labute approximate surface area is 109 Å². The second kappa shape index (κ2) is 5.47. The predicted molar refractivity (Wildman–Crippen MR) is 68.9 cm³/mol. The third-order valence-electron chi connectivity index (χ3n) is 2.73. The smallest absolute Gasteiger partial charge is 0.348 e. The van der Waals surface area contributed by atoms with E-state index in [1.807, 2.05) is 13.0 Å². The van der Waals surface area contributed by atoms with Crippen LogP contribution in [0.5, 0.6) is 0 Å². The van der Waals surface area contributed by atoms with Gasteiger partial charge in [0.2, 0.25) is 0 Å². The van der Waals surface area contributed by atoms with E-state index < -0.39 is 0 Å². The molecule has 2 aromatic rings. The fraction of sp³-hybridized carbons (Fsp3) is 0.333. The lowest BCUT2D eigenvalue weighted by Crippen LogP contribution is -2.33. The van der Waals surface area contributed by atoms with Crippen molar-refractivity contribution in [3.8, 4) is 0 Å². The third kappa shape index (κ3) is 3.06. The van der Waals surface area contributed by atoms with Gasteiger partial charge >= 0.3 is 5.69 Å². The molecule has 0 aliphatic heterocycles. The van der Waals surface area contributed by atoms with Crippen LogP contribution in [0.15, 0.2) is 23.3 Å². The van der Waals surface area contributed by atoms with Gasteiger partial charge in [0.1, 0.15) is 0 Å². The van der Waals surface area contributed by atoms with Gasteiger partial charge in [0.05, 0.1) is 11.8 Å². The van der Waals surface area contributed by atoms with Crippen LogP contribution in [0, 0.1) is 13.8 Å². The van der Waals surface area contributed by atoms with Crippen molar-refractivity contribution >= 4 is 5.91 Å². The Hall–Kier alpha value is -2.44. The molecule has 0 bridgehead atoms. The number of nitrogens with zero attached hydrogens (tertiary/aromatic N) is 3. The van der Waals surface area contributed by atoms with Crippen molar-refractivity contribution in [2.24, 2.45) is 0 Å². The first-order chi connectivity index (χ1) is 9.08. The van der Waals surface area contributed by atoms with Crippen LogP contribution in [0.2, 0.25) is 0 Å². The van der Waals surface area contributed by atoms with Gasteiger partial charge in [0, 0.05) is 30.7 Å². The molecule has 100 valence electrons. The Kier molecular flexibility index (Phi) is 3.74. The number of aromatic nitrogens is 4. The maximum Gasteiger partial charge on any atom is 0.348 e. The lowest BCUT2D eigenvalue weighted by atomic mass is 10.3. The molecule has 0 atom stereocenters. The van der Waals surface area contributed by atoms with Gasteiger partial charge in [-0.1, -0.05) is 0 Å². The van der Waals surface area contributed by atoms with Crippen LogP contribution in [-0.2, 0) is 6.54 Å². The molecule has 0 aliphatic carbocycles. The van der Waals surface area contributed by atoms with Crippen LogP contribution in [-0.4, -0.2) is 32.2 Å². The first kappa shape index (κ1) is 13.0. The van der Waals surface area contributed by atoms with E-state index in [1.165, 1.54) is 17.0 Å². The topological polar surface area (TPSA) is 92.7 Å². The zero-order chi connectivity index (χ0) is 13.8. The number of hydrogen-bond donors (Lipinski definition) is 2. The minimum atomic E-state index is -0.296. The molecule has 2 aromatic heterocycles. The minimum Gasteiger partial charge on any atom is -0.350 e. The van der Waals surface area contributed by atoms with Crippen molar-refractivity contribution in [3.05, 3.63) is 45.9 Å². The maximum atomic E-state index is 11.7. The average molecular weight is 261 g/mol. The van der Waals surface area contributed by atoms with E-state index in [1.54, 1.807) is 6.92 Å². The predicted octanol–water partition coefficient (Wildman–Crippen LogP) is 0.0132. The molecule has 2 N–H and O–H groups in total. The molecule has 7 nitrogen and oxygen atoms in total. The van der Waals surface area contributed by atoms with E-state index in [0.717, 1.165) is 5.69 Å². The molecule has 0 radical (unpaired) electrons. The summed E-state index contributed by atoms with van der Waals surface area (Å²) >= 11 is 0. The second-order valence-corrected chi connectivity index (χ2v) is 4.22. The van der Waals surface area contributed by atoms with Gasteiger partial charge in [0.15, 0.2) is 0 Å². The van der Waals surface area contributed by atoms with Crippen LogP contribution < -0.4 is 11.0 Å². The number of carbonyl (C=O) groups excluding carboxylic acids is 1. The monoisotopic (exact) mass is 261 g/mol. The molecular weight excluding hydrogens is 246 g/mol. The zero-order valence-electron chi connectivity index (χ0n) is 10.8. The van der Waals surface area contributed by atoms with E-state index in [0.29, 0.717) is 24.3 Å². The largest absolute Gasteiger partial charge is 0.350 e. The highest BCUT2D eigenvalue weighted by molar-refractivity contribution is 5.93. The molecule has 0 unspecified atom stereocenters. The first-order valence-electron chi connectivity index (χ1n) is 5.90. The van der Waals surface area contributed by atoms with Gasteiger partial charge in [-0.25, -0.2) is 4.79 Å². The standard InChI is InChI=1S/C12H15N5O2/c1-8-5-9(2)17(12(19)16-8)4-3-13-11(18)10-6-14-15-7-10/h5-7H,3-4H2,1-2H3,(H,13,18)(H,14,15). The summed E-state index contributed by atoms with van der Waals surface area (Å²) < 4.78 is 1.53. The van der Waals surface area contributed by atoms with Gasteiger partial charge in [0.25, 0.3) is 5.91 Å². The van der Waals surface area contributed by atoms with Crippen LogP contribution in [0.4, 0.5) is 0 Å². The number of aromatic amines is 1. The van der Waals surface area contributed by atoms with Gasteiger partial charge < -0.3 is 5.32 Å². The molecule has 7 heteroatoms. The van der Waals surface area contributed by atoms with Crippen molar-refractivity contribution in [1.82, 2.24) is 25.1 Å². The molecule has 2 rings (SSSR count). The summed E-state index contributed by atoms with van der Waals surface area (Å²) in [6, 6.07) is 1.83. The summed E-state index contributed by atoms with van der Waals surface area (Å²) in [6.45, 7) is 4.37. The third-order valence-corrected chi connectivity index (χ3v) is 2.73. The van der Waals surface area contributed by atoms with E-state index >= 15 is 0 Å². The number of carbonyl (C=O) groups is 1. The fourth-order valence-corrected chi connectivity index (χ4v) is 1.80. The van der Waals surface area contributed by atoms with E-state index in [-0.39, 0.29) is 11.6 Å². The number of hydrogen-bond acceptors (Lipinski definition) is 4. The number of amides is 1. The Morgan fingerprint density at radius 3 is 2.89 bits per heavy atom. The molecule has 0 saturated heterocycles. The average Bonchev–Trinajstić information content (AvgIpc) is 2.85. The summed E-state index contributed by atoms with van der Waals surface area (Å²) in [5.41, 5.74) is 1.69. The summed E-state index contributed by atoms with van der Waals surface area (Å²) in [5, 5.41) is 8.98. The van der Waals surface area contributed by atoms with Crippen molar-refractivity contribution in [2.45, 2.75) is 20.4 Å². The molecule has 0 saturated carbocycles. The van der Waals surface area contributed by atoms with E-state index in [9.17, 15) is 9.59 Å². The summed E-state index contributed by atoms with van der Waals surface area (Å²) in [4.78, 5) is 27.2. The molecule has 19 heavy (non-hydrogen) atoms. The Morgan fingerprint density at radius 2 is 2.26 bits per heavy atom. The normalized spacial score (nSPS) is 10.4. The maximum absolute atomic E-state index is 11.7. The molecule has 2 heterocycles. The van der Waals surface area contributed by atoms with Crippen molar-refractivity contribution < 1.29 is 4.79 Å². The van der Waals surface area contributed by atoms with Gasteiger partial charge in [-0.05, 0) is 19.9 Å². The molecule has 0 aliphatic rings. The van der Waals surface area contributed by atoms with Gasteiger partial charge in [-0.15, -0.1) is 0 Å². The van der Waals surface area contributed by atoms with Crippen LogP contribution in [0.3, 0.4) is 0 Å². The SMILES string of the molecule is Cc1cc(C)n(CCNC(=O)c2cn[nH]c2)c(=O)n1. The number of aryl methyl sites for hydroxylation is 2. The van der Waals surface area contributed by atoms with Crippen LogP contribution in [0.25, 0.3) is 0 Å². The molecule has 1 amide bonds. The van der Waals surface area contributed by atoms with Gasteiger partial charge in [-0.3, -0.25) is 14.5 Å². The molecular formula is C12H15N5O2. The lowest BCUT2D eigenvalue weighted by molar-refractivity contribution is 0.0952. The van der Waals surface area contributed by atoms with Crippen molar-refractivity contribution in [1.29, 1.82) is 0 Å². The molecule has 0 fully saturated rings. The van der Waals surface area contributed by atoms with E-state index in [4.69, 9.17) is 0 Å². The number of rotatable bonds is 4. The fourth-order valence-electron chi connectivity index (χ4n) is 1.80. The first-order valence-corrected chi connectivity index (χ1v) is 5.90. The summed E-state index contributed by atoms with van der Waals surface area (Å²) in [5.74, 6) is -0.223. The quantitative estimate of drug-likeness (QED) is 0.811. The lowest BCUT2D eigenvalue weighted by Gasteiger charge is -2.10. The second-order valence-electron chi connectivity index (χ2n) is 4.22. The van der Waals surface area contributed by atoms with Crippen LogP contribution in [0.1, 0.15) is 21.7 Å². The highest BCUT2D eigenvalue weighted by atomic mass is 16.2. The molecule has 0 spiro atoms. The van der Waals surface area contributed by atoms with Crippen LogP contribution >= 0.6 is 0 Å². The van der Waals surface area contributed by atoms with Crippen molar-refractivity contribution in [3.63, 3.8) is 0 Å². The minimum absolute atomic E-state index is 0.223. The van der Waals surface area contributed by atoms with E-state index in [2.05, 4.69) is 20.5 Å². The Balaban J connectivity index is 1.97. The summed E-state index contributed by atoms with van der Waals surface area (Å²) in [6.07, 6.45) is 2.96. The molecule has 0 aromatic carbocycles. The Morgan fingerprint density at radius 1 is 1.47 bits per heavy atom. The zero-order valence-corrected chi connectivity index (χ0v) is 10.8. The highest BCUT2D eigenvalue weighted by Crippen LogP contribution is 1.96. The summed E-state index contributed by atoms with van der Waals surface area (Å²) in [7, 11) is 0. The van der Waals surface area contributed by atoms with Gasteiger partial charge in [-0.2, -0.15) is 10.1 Å². The Bertz CT molecular complexity index is 630. The number of H-pyrrole nitrogens is 1. The van der Waals surface area contributed by atoms with Crippen molar-refractivity contribution in [2.75, 3.05) is 6.54 Å². The number of nitrogens with one attached hydrogen (secondary N) is 2. The highest BCUT2D eigenvalue weighted by Gasteiger charge is 2.07.